The Morgan fingerprint density at radius 1 is 1.31 bits per heavy atom. The van der Waals surface area contributed by atoms with Crippen LogP contribution in [0.2, 0.25) is 0 Å². The highest BCUT2D eigenvalue weighted by Gasteiger charge is 1.98. The van der Waals surface area contributed by atoms with Gasteiger partial charge in [-0.1, -0.05) is 59.0 Å². The van der Waals surface area contributed by atoms with Crippen molar-refractivity contribution in [2.45, 2.75) is 18.9 Å². The number of aliphatic hydroxyl groups is 1. The molecule has 0 amide bonds. The van der Waals surface area contributed by atoms with Gasteiger partial charge in [0.2, 0.25) is 0 Å². The average Bonchev–Trinajstić information content (AvgIpc) is 2.17. The Labute approximate surface area is 92.6 Å². The zero-order chi connectivity index (χ0) is 9.52. The van der Waals surface area contributed by atoms with Crippen LogP contribution in [0.15, 0.2) is 40.5 Å². The summed E-state index contributed by atoms with van der Waals surface area (Å²) < 4.78 is 1.85. The third kappa shape index (κ3) is 4.43. The molecule has 0 aliphatic carbocycles. The smallest absolute Gasteiger partial charge is 0.0731 e. The minimum Gasteiger partial charge on any atom is -0.389 e. The second-order valence-corrected chi connectivity index (χ2v) is 3.63. The lowest BCUT2D eigenvalue weighted by Gasteiger charge is -2.04. The molecule has 1 nitrogen and oxygen atoms in total. The standard InChI is InChI=1S/C11H13IO/c12-9-8-11(13)7-6-10-4-2-1-3-5-10/h1-5,8-9,11,13H,6-7H2/t11-/m0/s1. The van der Waals surface area contributed by atoms with Crippen molar-refractivity contribution in [2.24, 2.45) is 0 Å². The molecule has 1 atom stereocenters. The van der Waals surface area contributed by atoms with Crippen LogP contribution in [0.1, 0.15) is 12.0 Å². The van der Waals surface area contributed by atoms with Gasteiger partial charge in [0.25, 0.3) is 0 Å². The van der Waals surface area contributed by atoms with Gasteiger partial charge in [-0.2, -0.15) is 0 Å². The summed E-state index contributed by atoms with van der Waals surface area (Å²) in [6.45, 7) is 0. The fraction of sp³-hybridized carbons (Fsp3) is 0.273. The van der Waals surface area contributed by atoms with Crippen molar-refractivity contribution in [3.05, 3.63) is 46.1 Å². The summed E-state index contributed by atoms with van der Waals surface area (Å²) in [7, 11) is 0. The number of hydrogen-bond donors (Lipinski definition) is 1. The van der Waals surface area contributed by atoms with Crippen LogP contribution in [0.25, 0.3) is 0 Å². The molecular weight excluding hydrogens is 275 g/mol. The second kappa shape index (κ2) is 6.16. The monoisotopic (exact) mass is 288 g/mol. The van der Waals surface area contributed by atoms with Crippen molar-refractivity contribution < 1.29 is 5.11 Å². The molecule has 0 aliphatic heterocycles. The first-order valence-corrected chi connectivity index (χ1v) is 5.56. The summed E-state index contributed by atoms with van der Waals surface area (Å²) in [6.07, 6.45) is 3.23. The van der Waals surface area contributed by atoms with Gasteiger partial charge in [-0.25, -0.2) is 0 Å². The number of hydrogen-bond acceptors (Lipinski definition) is 1. The van der Waals surface area contributed by atoms with Gasteiger partial charge in [-0.05, 0) is 22.5 Å². The Morgan fingerprint density at radius 3 is 2.62 bits per heavy atom. The van der Waals surface area contributed by atoms with Gasteiger partial charge in [-0.15, -0.1) is 0 Å². The maximum atomic E-state index is 9.42. The van der Waals surface area contributed by atoms with Gasteiger partial charge in [0.05, 0.1) is 6.10 Å². The summed E-state index contributed by atoms with van der Waals surface area (Å²) >= 11 is 2.12. The van der Waals surface area contributed by atoms with Crippen molar-refractivity contribution in [1.29, 1.82) is 0 Å². The number of aliphatic hydroxyl groups excluding tert-OH is 1. The molecule has 0 radical (unpaired) electrons. The van der Waals surface area contributed by atoms with Crippen molar-refractivity contribution in [1.82, 2.24) is 0 Å². The van der Waals surface area contributed by atoms with Crippen molar-refractivity contribution in [3.8, 4) is 0 Å². The molecule has 0 saturated heterocycles. The fourth-order valence-electron chi connectivity index (χ4n) is 1.14. The summed E-state index contributed by atoms with van der Waals surface area (Å²) in [5.41, 5.74) is 1.28. The minimum atomic E-state index is -0.308. The van der Waals surface area contributed by atoms with Crippen LogP contribution < -0.4 is 0 Å². The Bertz CT molecular complexity index is 256. The van der Waals surface area contributed by atoms with Crippen molar-refractivity contribution in [3.63, 3.8) is 0 Å². The summed E-state index contributed by atoms with van der Waals surface area (Å²) in [6, 6.07) is 10.2. The molecule has 0 spiro atoms. The Balaban J connectivity index is 2.35. The van der Waals surface area contributed by atoms with E-state index in [2.05, 4.69) is 34.7 Å². The van der Waals surface area contributed by atoms with E-state index in [1.807, 2.05) is 28.4 Å². The van der Waals surface area contributed by atoms with E-state index in [0.717, 1.165) is 12.8 Å². The zero-order valence-electron chi connectivity index (χ0n) is 7.36. The molecule has 0 aliphatic rings. The lowest BCUT2D eigenvalue weighted by Crippen LogP contribution is -2.03. The Kier molecular flexibility index (Phi) is 5.08. The molecule has 1 N–H and O–H groups in total. The largest absolute Gasteiger partial charge is 0.389 e. The zero-order valence-corrected chi connectivity index (χ0v) is 9.52. The number of aryl methyl sites for hydroxylation is 1. The molecule has 1 rings (SSSR count). The van der Waals surface area contributed by atoms with E-state index in [9.17, 15) is 5.11 Å². The van der Waals surface area contributed by atoms with E-state index >= 15 is 0 Å². The third-order valence-electron chi connectivity index (χ3n) is 1.87. The van der Waals surface area contributed by atoms with E-state index in [1.54, 1.807) is 0 Å². The summed E-state index contributed by atoms with van der Waals surface area (Å²) in [5, 5.41) is 9.42. The predicted octanol–water partition coefficient (Wildman–Crippen LogP) is 2.93. The highest BCUT2D eigenvalue weighted by atomic mass is 127. The van der Waals surface area contributed by atoms with Crippen LogP contribution in [0, 0.1) is 0 Å². The van der Waals surface area contributed by atoms with E-state index in [0.29, 0.717) is 0 Å². The van der Waals surface area contributed by atoms with Gasteiger partial charge in [0.1, 0.15) is 0 Å². The van der Waals surface area contributed by atoms with E-state index in [-0.39, 0.29) is 6.10 Å². The first kappa shape index (κ1) is 10.7. The van der Waals surface area contributed by atoms with Crippen LogP contribution in [0.3, 0.4) is 0 Å². The van der Waals surface area contributed by atoms with Crippen molar-refractivity contribution in [2.75, 3.05) is 0 Å². The molecule has 70 valence electrons. The first-order valence-electron chi connectivity index (χ1n) is 4.32. The van der Waals surface area contributed by atoms with E-state index in [1.165, 1.54) is 5.56 Å². The van der Waals surface area contributed by atoms with Gasteiger partial charge in [0.15, 0.2) is 0 Å². The molecule has 1 aromatic rings. The molecule has 0 fully saturated rings. The molecule has 13 heavy (non-hydrogen) atoms. The lowest BCUT2D eigenvalue weighted by atomic mass is 10.1. The van der Waals surface area contributed by atoms with Crippen LogP contribution in [-0.4, -0.2) is 11.2 Å². The van der Waals surface area contributed by atoms with Gasteiger partial charge >= 0.3 is 0 Å². The quantitative estimate of drug-likeness (QED) is 0.845. The fourth-order valence-corrected chi connectivity index (χ4v) is 1.62. The van der Waals surface area contributed by atoms with Crippen LogP contribution >= 0.6 is 22.6 Å². The molecule has 1 aromatic carbocycles. The molecule has 0 unspecified atom stereocenters. The van der Waals surface area contributed by atoms with Crippen molar-refractivity contribution >= 4 is 22.6 Å². The number of halogens is 1. The Hall–Kier alpha value is -0.350. The first-order chi connectivity index (χ1) is 6.33. The van der Waals surface area contributed by atoms with Gasteiger partial charge in [0, 0.05) is 0 Å². The maximum Gasteiger partial charge on any atom is 0.0731 e. The van der Waals surface area contributed by atoms with Gasteiger partial charge < -0.3 is 5.11 Å². The number of rotatable bonds is 4. The van der Waals surface area contributed by atoms with E-state index < -0.39 is 0 Å². The van der Waals surface area contributed by atoms with Crippen LogP contribution in [0.4, 0.5) is 0 Å². The van der Waals surface area contributed by atoms with E-state index in [4.69, 9.17) is 0 Å². The summed E-state index contributed by atoms with van der Waals surface area (Å²) in [4.78, 5) is 0. The molecule has 0 heterocycles. The Morgan fingerprint density at radius 2 is 2.00 bits per heavy atom. The number of benzene rings is 1. The SMILES string of the molecule is O[C@H](C=CI)CCc1ccccc1. The normalized spacial score (nSPS) is 13.4. The predicted molar refractivity (Wildman–Crippen MR) is 63.9 cm³/mol. The average molecular weight is 288 g/mol. The molecular formula is C11H13IO. The highest BCUT2D eigenvalue weighted by Crippen LogP contribution is 2.06. The molecule has 2 heteroatoms. The third-order valence-corrected chi connectivity index (χ3v) is 2.28. The van der Waals surface area contributed by atoms with Gasteiger partial charge in [-0.3, -0.25) is 0 Å². The molecule has 0 saturated carbocycles. The summed E-state index contributed by atoms with van der Waals surface area (Å²) in [5.74, 6) is 0. The highest BCUT2D eigenvalue weighted by molar-refractivity contribution is 14.1. The topological polar surface area (TPSA) is 20.2 Å². The van der Waals surface area contributed by atoms with Crippen LogP contribution in [-0.2, 0) is 6.42 Å². The minimum absolute atomic E-state index is 0.308. The molecule has 0 aromatic heterocycles. The molecule has 0 bridgehead atoms. The maximum absolute atomic E-state index is 9.42. The lowest BCUT2D eigenvalue weighted by molar-refractivity contribution is 0.213. The van der Waals surface area contributed by atoms with Crippen LogP contribution in [0.5, 0.6) is 0 Å². The second-order valence-electron chi connectivity index (χ2n) is 2.91.